The Labute approximate surface area is 198 Å². The van der Waals surface area contributed by atoms with Gasteiger partial charge in [0.2, 0.25) is 0 Å². The molecule has 0 saturated heterocycles. The van der Waals surface area contributed by atoms with E-state index in [1.807, 2.05) is 42.5 Å². The minimum Gasteiger partial charge on any atom is -0.396 e. The summed E-state index contributed by atoms with van der Waals surface area (Å²) >= 11 is 0. The number of aryl methyl sites for hydroxylation is 1. The average Bonchev–Trinajstić information content (AvgIpc) is 3.17. The van der Waals surface area contributed by atoms with Crippen molar-refractivity contribution in [2.24, 2.45) is 0 Å². The summed E-state index contributed by atoms with van der Waals surface area (Å²) in [6.45, 7) is 2.11. The SMILES string of the molecule is CCc1cccc(CC2Nc3c(Cc4ccccc4)nc(-c4cccc(N)c4F)c[n+]3C2=O)c1. The summed E-state index contributed by atoms with van der Waals surface area (Å²) < 4.78 is 16.4. The number of nitrogens with one attached hydrogen (secondary N) is 1. The predicted octanol–water partition coefficient (Wildman–Crippen LogP) is 4.59. The molecule has 170 valence electrons. The first-order chi connectivity index (χ1) is 16.5. The van der Waals surface area contributed by atoms with Gasteiger partial charge in [0.15, 0.2) is 11.9 Å². The quantitative estimate of drug-likeness (QED) is 0.331. The van der Waals surface area contributed by atoms with E-state index in [0.29, 0.717) is 30.0 Å². The molecular formula is C28H26FN4O+. The second-order valence-electron chi connectivity index (χ2n) is 8.58. The zero-order valence-corrected chi connectivity index (χ0v) is 19.0. The van der Waals surface area contributed by atoms with Gasteiger partial charge in [-0.15, -0.1) is 0 Å². The number of carbonyl (C=O) groups excluding carboxylic acids is 1. The van der Waals surface area contributed by atoms with E-state index in [0.717, 1.165) is 17.5 Å². The Kier molecular flexibility index (Phi) is 5.80. The molecule has 0 aliphatic carbocycles. The molecule has 3 aromatic carbocycles. The fourth-order valence-corrected chi connectivity index (χ4v) is 4.41. The summed E-state index contributed by atoms with van der Waals surface area (Å²) in [7, 11) is 0. The van der Waals surface area contributed by atoms with E-state index in [9.17, 15) is 9.18 Å². The number of aromatic nitrogens is 2. The number of fused-ring (bicyclic) bond motifs is 1. The summed E-state index contributed by atoms with van der Waals surface area (Å²) in [6, 6.07) is 22.6. The standard InChI is InChI=1S/C28H25FN4O/c1-2-18-10-6-11-20(14-18)16-24-28(34)33-17-25(21-12-7-13-22(30)26(21)29)31-23(27(33)32-24)15-19-8-4-3-5-9-19/h3-14,17,24H,2,15-16,30H2,1H3/p+1. The number of nitrogen functional groups attached to an aromatic ring is 1. The van der Waals surface area contributed by atoms with Crippen LogP contribution in [0, 0.1) is 5.82 Å². The van der Waals surface area contributed by atoms with Crippen LogP contribution in [0.25, 0.3) is 11.3 Å². The lowest BCUT2D eigenvalue weighted by Gasteiger charge is -2.08. The molecule has 0 spiro atoms. The van der Waals surface area contributed by atoms with E-state index in [-0.39, 0.29) is 17.2 Å². The zero-order chi connectivity index (χ0) is 23.7. The normalized spacial score (nSPS) is 14.6. The van der Waals surface area contributed by atoms with Gasteiger partial charge in [-0.2, -0.15) is 4.57 Å². The zero-order valence-electron chi connectivity index (χ0n) is 19.0. The van der Waals surface area contributed by atoms with E-state index >= 15 is 0 Å². The van der Waals surface area contributed by atoms with Crippen molar-refractivity contribution in [3.05, 3.63) is 107 Å². The van der Waals surface area contributed by atoms with Crippen molar-refractivity contribution in [3.8, 4) is 11.3 Å². The van der Waals surface area contributed by atoms with Crippen molar-refractivity contribution in [1.82, 2.24) is 4.98 Å². The Morgan fingerprint density at radius 1 is 1.00 bits per heavy atom. The van der Waals surface area contributed by atoms with Gasteiger partial charge in [-0.05, 0) is 35.2 Å². The number of nitrogens with two attached hydrogens (primary N) is 1. The molecule has 0 saturated carbocycles. The van der Waals surface area contributed by atoms with Crippen molar-refractivity contribution in [1.29, 1.82) is 0 Å². The van der Waals surface area contributed by atoms with Crippen LogP contribution >= 0.6 is 0 Å². The predicted molar refractivity (Wildman–Crippen MR) is 131 cm³/mol. The minimum atomic E-state index is -0.535. The molecule has 6 heteroatoms. The van der Waals surface area contributed by atoms with Crippen LogP contribution in [0.15, 0.2) is 79.0 Å². The monoisotopic (exact) mass is 453 g/mol. The molecule has 1 unspecified atom stereocenters. The first-order valence-electron chi connectivity index (χ1n) is 11.5. The highest BCUT2D eigenvalue weighted by molar-refractivity contribution is 5.83. The van der Waals surface area contributed by atoms with Crippen molar-refractivity contribution in [2.45, 2.75) is 32.2 Å². The highest BCUT2D eigenvalue weighted by atomic mass is 19.1. The number of rotatable bonds is 6. The van der Waals surface area contributed by atoms with Crippen LogP contribution in [0.5, 0.6) is 0 Å². The second kappa shape index (κ2) is 9.06. The van der Waals surface area contributed by atoms with Gasteiger partial charge >= 0.3 is 11.7 Å². The number of anilines is 2. The molecule has 3 N–H and O–H groups in total. The first kappa shape index (κ1) is 21.8. The molecule has 1 aliphatic heterocycles. The lowest BCUT2D eigenvalue weighted by atomic mass is 10.0. The van der Waals surface area contributed by atoms with Crippen LogP contribution in [0.1, 0.15) is 34.1 Å². The van der Waals surface area contributed by atoms with E-state index in [4.69, 9.17) is 10.7 Å². The van der Waals surface area contributed by atoms with Gasteiger partial charge in [-0.25, -0.2) is 14.2 Å². The number of carbonyl (C=O) groups is 1. The lowest BCUT2D eigenvalue weighted by molar-refractivity contribution is -0.552. The van der Waals surface area contributed by atoms with Crippen LogP contribution in [-0.2, 0) is 19.3 Å². The van der Waals surface area contributed by atoms with Gasteiger partial charge in [-0.1, -0.05) is 67.6 Å². The average molecular weight is 454 g/mol. The molecule has 4 aromatic rings. The lowest BCUT2D eigenvalue weighted by Crippen LogP contribution is -2.44. The highest BCUT2D eigenvalue weighted by Gasteiger charge is 2.41. The van der Waals surface area contributed by atoms with Crippen LogP contribution in [-0.4, -0.2) is 16.9 Å². The minimum absolute atomic E-state index is 0.0486. The molecule has 0 fully saturated rings. The Morgan fingerprint density at radius 2 is 1.74 bits per heavy atom. The fraction of sp³-hybridized carbons (Fsp3) is 0.179. The summed E-state index contributed by atoms with van der Waals surface area (Å²) in [5, 5.41) is 3.40. The summed E-state index contributed by atoms with van der Waals surface area (Å²) in [6.07, 6.45) is 3.61. The van der Waals surface area contributed by atoms with E-state index in [1.54, 1.807) is 22.9 Å². The number of halogens is 1. The Bertz CT molecular complexity index is 1370. The van der Waals surface area contributed by atoms with Gasteiger partial charge in [0, 0.05) is 18.4 Å². The van der Waals surface area contributed by atoms with Crippen molar-refractivity contribution in [3.63, 3.8) is 0 Å². The van der Waals surface area contributed by atoms with Gasteiger partial charge in [0.25, 0.3) is 0 Å². The largest absolute Gasteiger partial charge is 0.396 e. The summed E-state index contributed by atoms with van der Waals surface area (Å²) in [5.74, 6) is 0.0327. The maximum Gasteiger partial charge on any atom is 0.359 e. The molecule has 5 rings (SSSR count). The molecular weight excluding hydrogens is 427 g/mol. The molecule has 34 heavy (non-hydrogen) atoms. The van der Waals surface area contributed by atoms with Gasteiger partial charge in [0.05, 0.1) is 5.69 Å². The third-order valence-electron chi connectivity index (χ3n) is 6.23. The number of nitrogens with zero attached hydrogens (tertiary/aromatic N) is 2. The third-order valence-corrected chi connectivity index (χ3v) is 6.23. The van der Waals surface area contributed by atoms with Crippen molar-refractivity contribution < 1.29 is 13.8 Å². The summed E-state index contributed by atoms with van der Waals surface area (Å²) in [5.41, 5.74) is 10.6. The van der Waals surface area contributed by atoms with Crippen LogP contribution in [0.3, 0.4) is 0 Å². The van der Waals surface area contributed by atoms with E-state index in [2.05, 4.69) is 24.4 Å². The van der Waals surface area contributed by atoms with Gasteiger partial charge in [0.1, 0.15) is 17.6 Å². The summed E-state index contributed by atoms with van der Waals surface area (Å²) in [4.78, 5) is 18.2. The van der Waals surface area contributed by atoms with Gasteiger partial charge < -0.3 is 5.73 Å². The van der Waals surface area contributed by atoms with Crippen LogP contribution in [0.4, 0.5) is 15.9 Å². The van der Waals surface area contributed by atoms with Gasteiger partial charge in [-0.3, -0.25) is 5.32 Å². The molecule has 1 atom stereocenters. The topological polar surface area (TPSA) is 71.9 Å². The number of hydrogen-bond donors (Lipinski definition) is 2. The third kappa shape index (κ3) is 4.15. The van der Waals surface area contributed by atoms with Crippen molar-refractivity contribution >= 4 is 17.4 Å². The Balaban J connectivity index is 1.56. The fourth-order valence-electron chi connectivity index (χ4n) is 4.41. The molecule has 1 aliphatic rings. The van der Waals surface area contributed by atoms with Crippen LogP contribution in [0.2, 0.25) is 0 Å². The Hall–Kier alpha value is -4.06. The molecule has 0 amide bonds. The molecule has 1 aromatic heterocycles. The maximum absolute atomic E-state index is 14.9. The molecule has 2 heterocycles. The number of benzene rings is 3. The smallest absolute Gasteiger partial charge is 0.359 e. The molecule has 0 radical (unpaired) electrons. The number of hydrogen-bond acceptors (Lipinski definition) is 4. The van der Waals surface area contributed by atoms with Crippen molar-refractivity contribution in [2.75, 3.05) is 11.1 Å². The molecule has 0 bridgehead atoms. The Morgan fingerprint density at radius 3 is 2.53 bits per heavy atom. The van der Waals surface area contributed by atoms with E-state index in [1.165, 1.54) is 11.6 Å². The highest BCUT2D eigenvalue weighted by Crippen LogP contribution is 2.28. The van der Waals surface area contributed by atoms with E-state index < -0.39 is 11.9 Å². The second-order valence-corrected chi connectivity index (χ2v) is 8.58. The maximum atomic E-state index is 14.9. The molecule has 5 nitrogen and oxygen atoms in total. The first-order valence-corrected chi connectivity index (χ1v) is 11.5. The van der Waals surface area contributed by atoms with Crippen LogP contribution < -0.4 is 15.6 Å².